The number of pyridine rings is 1. The minimum Gasteiger partial charge on any atom is -0.293 e. The van der Waals surface area contributed by atoms with Crippen molar-refractivity contribution in [3.8, 4) is 0 Å². The molecule has 6 heteroatoms. The molecule has 0 radical (unpaired) electrons. The van der Waals surface area contributed by atoms with Crippen molar-refractivity contribution < 1.29 is 13.2 Å². The van der Waals surface area contributed by atoms with E-state index in [9.17, 15) is 13.2 Å². The number of nitrogens with one attached hydrogen (secondary N) is 1. The number of nitrogens with zero attached hydrogens (tertiary/aromatic N) is 1. The van der Waals surface area contributed by atoms with Crippen LogP contribution >= 0.6 is 0 Å². The van der Waals surface area contributed by atoms with Gasteiger partial charge in [0.1, 0.15) is 0 Å². The Balaban J connectivity index is 1.90. The van der Waals surface area contributed by atoms with Gasteiger partial charge in [0.15, 0.2) is 10.8 Å². The van der Waals surface area contributed by atoms with Crippen LogP contribution in [0.25, 0.3) is 0 Å². The van der Waals surface area contributed by atoms with Gasteiger partial charge in [0.25, 0.3) is 10.0 Å². The van der Waals surface area contributed by atoms with Crippen LogP contribution < -0.4 is 4.72 Å². The number of sulfonamides is 1. The topological polar surface area (TPSA) is 76.1 Å². The SMILES string of the molecule is CCC(C(=O)c1cccnc1S(=O)(=O)NCc1ccccc1)c1ccccc1. The maximum Gasteiger partial charge on any atom is 0.259 e. The van der Waals surface area contributed by atoms with Crippen LogP contribution in [-0.2, 0) is 16.6 Å². The number of rotatable bonds is 8. The number of aromatic nitrogens is 1. The first-order chi connectivity index (χ1) is 13.5. The van der Waals surface area contributed by atoms with Crippen molar-refractivity contribution in [1.29, 1.82) is 0 Å². The fourth-order valence-electron chi connectivity index (χ4n) is 3.08. The molecule has 0 spiro atoms. The molecule has 3 aromatic rings. The molecule has 0 saturated carbocycles. The van der Waals surface area contributed by atoms with Crippen LogP contribution in [-0.4, -0.2) is 19.2 Å². The Morgan fingerprint density at radius 2 is 1.61 bits per heavy atom. The quantitative estimate of drug-likeness (QED) is 0.587. The van der Waals surface area contributed by atoms with Crippen LogP contribution in [0.4, 0.5) is 0 Å². The molecule has 28 heavy (non-hydrogen) atoms. The Morgan fingerprint density at radius 1 is 0.964 bits per heavy atom. The molecule has 2 aromatic carbocycles. The van der Waals surface area contributed by atoms with Crippen LogP contribution in [0.5, 0.6) is 0 Å². The zero-order chi connectivity index (χ0) is 20.0. The average molecular weight is 394 g/mol. The first-order valence-electron chi connectivity index (χ1n) is 9.10. The molecule has 0 aliphatic carbocycles. The van der Waals surface area contributed by atoms with E-state index in [0.717, 1.165) is 11.1 Å². The first kappa shape index (κ1) is 19.9. The molecule has 0 saturated heterocycles. The molecule has 1 atom stereocenters. The fraction of sp³-hybridized carbons (Fsp3) is 0.182. The summed E-state index contributed by atoms with van der Waals surface area (Å²) in [5, 5.41) is -0.231. The molecule has 0 aliphatic rings. The minimum absolute atomic E-state index is 0.110. The van der Waals surface area contributed by atoms with E-state index < -0.39 is 15.9 Å². The lowest BCUT2D eigenvalue weighted by Crippen LogP contribution is -2.27. The molecule has 0 fully saturated rings. The Bertz CT molecular complexity index is 1040. The highest BCUT2D eigenvalue weighted by molar-refractivity contribution is 7.89. The molecule has 0 bridgehead atoms. The second kappa shape index (κ2) is 8.91. The highest BCUT2D eigenvalue weighted by atomic mass is 32.2. The van der Waals surface area contributed by atoms with Crippen LogP contribution in [0.1, 0.15) is 40.7 Å². The van der Waals surface area contributed by atoms with Crippen molar-refractivity contribution in [3.63, 3.8) is 0 Å². The summed E-state index contributed by atoms with van der Waals surface area (Å²) in [5.41, 5.74) is 1.80. The third kappa shape index (κ3) is 4.52. The molecular weight excluding hydrogens is 372 g/mol. The zero-order valence-electron chi connectivity index (χ0n) is 15.6. The summed E-state index contributed by atoms with van der Waals surface area (Å²) in [4.78, 5) is 17.2. The van der Waals surface area contributed by atoms with Gasteiger partial charge >= 0.3 is 0 Å². The van der Waals surface area contributed by atoms with Gasteiger partial charge < -0.3 is 0 Å². The maximum atomic E-state index is 13.2. The predicted octanol–water partition coefficient (Wildman–Crippen LogP) is 3.94. The summed E-state index contributed by atoms with van der Waals surface area (Å²) < 4.78 is 28.2. The number of hydrogen-bond acceptors (Lipinski definition) is 4. The monoisotopic (exact) mass is 394 g/mol. The van der Waals surface area contributed by atoms with Gasteiger partial charge in [-0.3, -0.25) is 4.79 Å². The van der Waals surface area contributed by atoms with Crippen LogP contribution in [0.2, 0.25) is 0 Å². The summed E-state index contributed by atoms with van der Waals surface area (Å²) in [6.45, 7) is 2.04. The smallest absolute Gasteiger partial charge is 0.259 e. The number of carbonyl (C=O) groups is 1. The van der Waals surface area contributed by atoms with E-state index in [0.29, 0.717) is 6.42 Å². The summed E-state index contributed by atoms with van der Waals surface area (Å²) in [6, 6.07) is 21.7. The molecule has 1 unspecified atom stereocenters. The van der Waals surface area contributed by atoms with E-state index in [1.54, 1.807) is 6.07 Å². The normalized spacial score (nSPS) is 12.5. The number of benzene rings is 2. The fourth-order valence-corrected chi connectivity index (χ4v) is 4.23. The third-order valence-electron chi connectivity index (χ3n) is 4.53. The van der Waals surface area contributed by atoms with Crippen molar-refractivity contribution in [2.24, 2.45) is 0 Å². The molecule has 0 amide bonds. The van der Waals surface area contributed by atoms with Gasteiger partial charge in [-0.15, -0.1) is 0 Å². The second-order valence-electron chi connectivity index (χ2n) is 6.40. The van der Waals surface area contributed by atoms with Crippen molar-refractivity contribution in [2.75, 3.05) is 0 Å². The Labute approximate surface area is 165 Å². The van der Waals surface area contributed by atoms with E-state index in [4.69, 9.17) is 0 Å². The summed E-state index contributed by atoms with van der Waals surface area (Å²) in [7, 11) is -3.94. The summed E-state index contributed by atoms with van der Waals surface area (Å²) >= 11 is 0. The van der Waals surface area contributed by atoms with E-state index in [2.05, 4.69) is 9.71 Å². The second-order valence-corrected chi connectivity index (χ2v) is 8.08. The highest BCUT2D eigenvalue weighted by Gasteiger charge is 2.28. The average Bonchev–Trinajstić information content (AvgIpc) is 2.74. The van der Waals surface area contributed by atoms with Crippen molar-refractivity contribution in [1.82, 2.24) is 9.71 Å². The number of ketones is 1. The van der Waals surface area contributed by atoms with Crippen LogP contribution in [0.15, 0.2) is 84.0 Å². The summed E-state index contributed by atoms with van der Waals surface area (Å²) in [5.74, 6) is -0.671. The lowest BCUT2D eigenvalue weighted by Gasteiger charge is -2.16. The van der Waals surface area contributed by atoms with E-state index in [-0.39, 0.29) is 22.9 Å². The van der Waals surface area contributed by atoms with Gasteiger partial charge in [-0.25, -0.2) is 18.1 Å². The Hall–Kier alpha value is -2.83. The highest BCUT2D eigenvalue weighted by Crippen LogP contribution is 2.26. The van der Waals surface area contributed by atoms with Gasteiger partial charge in [-0.05, 0) is 29.7 Å². The Morgan fingerprint density at radius 3 is 2.25 bits per heavy atom. The maximum absolute atomic E-state index is 13.2. The molecule has 5 nitrogen and oxygen atoms in total. The van der Waals surface area contributed by atoms with Gasteiger partial charge in [0.2, 0.25) is 0 Å². The van der Waals surface area contributed by atoms with Gasteiger partial charge in [-0.1, -0.05) is 67.6 Å². The molecule has 144 valence electrons. The molecule has 1 aromatic heterocycles. The molecule has 3 rings (SSSR count). The Kier molecular flexibility index (Phi) is 6.34. The lowest BCUT2D eigenvalue weighted by molar-refractivity contribution is 0.0953. The third-order valence-corrected chi connectivity index (χ3v) is 5.89. The molecule has 0 aliphatic heterocycles. The number of carbonyl (C=O) groups excluding carboxylic acids is 1. The van der Waals surface area contributed by atoms with E-state index in [1.165, 1.54) is 12.3 Å². The van der Waals surface area contributed by atoms with Crippen molar-refractivity contribution in [3.05, 3.63) is 95.7 Å². The van der Waals surface area contributed by atoms with Gasteiger partial charge in [0, 0.05) is 18.7 Å². The van der Waals surface area contributed by atoms with Gasteiger partial charge in [0.05, 0.1) is 5.56 Å². The minimum atomic E-state index is -3.94. The predicted molar refractivity (Wildman–Crippen MR) is 109 cm³/mol. The zero-order valence-corrected chi connectivity index (χ0v) is 16.4. The van der Waals surface area contributed by atoms with E-state index in [1.807, 2.05) is 67.6 Å². The standard InChI is InChI=1S/C22H22N2O3S/c1-2-19(18-12-7-4-8-13-18)21(25)20-14-9-15-23-22(20)28(26,27)24-16-17-10-5-3-6-11-17/h3-15,19,24H,2,16H2,1H3. The summed E-state index contributed by atoms with van der Waals surface area (Å²) in [6.07, 6.45) is 1.95. The number of Topliss-reactive ketones (excluding diaryl/α,β-unsaturated/α-hetero) is 1. The molecular formula is C22H22N2O3S. The van der Waals surface area contributed by atoms with E-state index >= 15 is 0 Å². The largest absolute Gasteiger partial charge is 0.293 e. The van der Waals surface area contributed by atoms with Crippen LogP contribution in [0, 0.1) is 0 Å². The van der Waals surface area contributed by atoms with Crippen molar-refractivity contribution >= 4 is 15.8 Å². The first-order valence-corrected chi connectivity index (χ1v) is 10.6. The number of hydrogen-bond donors (Lipinski definition) is 1. The lowest BCUT2D eigenvalue weighted by atomic mass is 9.89. The van der Waals surface area contributed by atoms with Crippen LogP contribution in [0.3, 0.4) is 0 Å². The molecule has 1 N–H and O–H groups in total. The van der Waals surface area contributed by atoms with Gasteiger partial charge in [-0.2, -0.15) is 0 Å². The van der Waals surface area contributed by atoms with Crippen molar-refractivity contribution in [2.45, 2.75) is 30.8 Å². The molecule has 1 heterocycles.